The fourth-order valence-electron chi connectivity index (χ4n) is 7.52. The van der Waals surface area contributed by atoms with E-state index in [1.165, 1.54) is 0 Å². The van der Waals surface area contributed by atoms with Crippen LogP contribution >= 0.6 is 11.6 Å². The Hall–Kier alpha value is -3.07. The van der Waals surface area contributed by atoms with Crippen molar-refractivity contribution in [2.75, 3.05) is 44.2 Å². The van der Waals surface area contributed by atoms with Crippen LogP contribution < -0.4 is 15.0 Å². The fraction of sp³-hybridized carbons (Fsp3) is 0.438. The zero-order valence-electron chi connectivity index (χ0n) is 22.8. The average Bonchev–Trinajstić information content (AvgIpc) is 3.51. The highest BCUT2D eigenvalue weighted by Crippen LogP contribution is 2.47. The smallest absolute Gasteiger partial charge is 0.319 e. The third-order valence-corrected chi connectivity index (χ3v) is 10.1. The van der Waals surface area contributed by atoms with Crippen molar-refractivity contribution in [2.24, 2.45) is 0 Å². The Bertz CT molecular complexity index is 1670. The van der Waals surface area contributed by atoms with Gasteiger partial charge in [0.05, 0.1) is 16.6 Å². The molecule has 4 aliphatic rings. The van der Waals surface area contributed by atoms with Gasteiger partial charge in [-0.25, -0.2) is 8.78 Å². The van der Waals surface area contributed by atoms with Crippen LogP contribution in [-0.4, -0.2) is 71.4 Å². The van der Waals surface area contributed by atoms with Gasteiger partial charge in [-0.05, 0) is 61.4 Å². The van der Waals surface area contributed by atoms with Crippen molar-refractivity contribution in [3.8, 4) is 17.1 Å². The summed E-state index contributed by atoms with van der Waals surface area (Å²) in [6.07, 6.45) is 3.72. The minimum absolute atomic E-state index is 0.0110. The van der Waals surface area contributed by atoms with E-state index < -0.39 is 6.17 Å². The molecule has 212 valence electrons. The van der Waals surface area contributed by atoms with E-state index in [4.69, 9.17) is 26.3 Å². The molecule has 2 atom stereocenters. The minimum atomic E-state index is -0.833. The van der Waals surface area contributed by atoms with Gasteiger partial charge in [0.25, 0.3) is 0 Å². The second-order valence-corrected chi connectivity index (χ2v) is 12.6. The molecule has 0 unspecified atom stereocenters. The van der Waals surface area contributed by atoms with Crippen LogP contribution in [0.3, 0.4) is 0 Å². The van der Waals surface area contributed by atoms with Crippen LogP contribution in [0.1, 0.15) is 32.1 Å². The molecule has 4 aromatic rings. The normalized spacial score (nSPS) is 25.3. The molecule has 9 heteroatoms. The first kappa shape index (κ1) is 25.6. The van der Waals surface area contributed by atoms with Gasteiger partial charge >= 0.3 is 6.01 Å². The van der Waals surface area contributed by atoms with Gasteiger partial charge in [-0.1, -0.05) is 41.9 Å². The molecule has 4 fully saturated rings. The third kappa shape index (κ3) is 4.17. The van der Waals surface area contributed by atoms with E-state index in [1.54, 1.807) is 12.1 Å². The highest BCUT2D eigenvalue weighted by molar-refractivity contribution is 6.36. The van der Waals surface area contributed by atoms with E-state index in [0.717, 1.165) is 68.2 Å². The minimum Gasteiger partial charge on any atom is -0.461 e. The SMILES string of the molecule is Fc1cc2c(N3CCNCC34CC4)nc(OC[C@@]34CCCN3C[C@H](F)C4)nc2cc1-c1cccc2cccc(Cl)c12. The van der Waals surface area contributed by atoms with Crippen LogP contribution in [-0.2, 0) is 0 Å². The van der Waals surface area contributed by atoms with Crippen LogP contribution in [0.15, 0.2) is 48.5 Å². The Labute approximate surface area is 242 Å². The summed E-state index contributed by atoms with van der Waals surface area (Å²) in [5.41, 5.74) is 1.46. The first-order valence-electron chi connectivity index (χ1n) is 14.6. The summed E-state index contributed by atoms with van der Waals surface area (Å²) in [6, 6.07) is 15.1. The molecule has 6 nitrogen and oxygen atoms in total. The Morgan fingerprint density at radius 2 is 1.90 bits per heavy atom. The summed E-state index contributed by atoms with van der Waals surface area (Å²) < 4.78 is 36.8. The predicted octanol–water partition coefficient (Wildman–Crippen LogP) is 6.14. The zero-order chi connectivity index (χ0) is 27.8. The van der Waals surface area contributed by atoms with E-state index in [0.29, 0.717) is 46.9 Å². The number of aromatic nitrogens is 2. The third-order valence-electron chi connectivity index (χ3n) is 9.74. The maximum atomic E-state index is 16.1. The summed E-state index contributed by atoms with van der Waals surface area (Å²) >= 11 is 6.62. The summed E-state index contributed by atoms with van der Waals surface area (Å²) in [5.74, 6) is 0.366. The van der Waals surface area contributed by atoms with Crippen molar-refractivity contribution in [1.82, 2.24) is 20.2 Å². The molecule has 0 radical (unpaired) electrons. The molecule has 1 N–H and O–H groups in total. The van der Waals surface area contributed by atoms with Gasteiger partial charge < -0.3 is 15.0 Å². The maximum Gasteiger partial charge on any atom is 0.319 e. The standard InChI is InChI=1S/C32H32ClF2N5O/c33-25-7-2-5-20-4-1-6-22(28(20)25)23-15-27-24(14-26(23)35)29(40-13-11-36-18-31(40)9-10-31)38-30(37-27)41-19-32-8-3-12-39(32)17-21(34)16-32/h1-2,4-7,14-15,21,36H,3,8-13,16-19H2/t21-,32+/m1/s1. The van der Waals surface area contributed by atoms with Gasteiger partial charge in [-0.2, -0.15) is 9.97 Å². The van der Waals surface area contributed by atoms with Crippen LogP contribution in [0.2, 0.25) is 5.02 Å². The number of rotatable bonds is 5. The monoisotopic (exact) mass is 575 g/mol. The lowest BCUT2D eigenvalue weighted by atomic mass is 9.95. The van der Waals surface area contributed by atoms with Crippen LogP contribution in [0, 0.1) is 5.82 Å². The van der Waals surface area contributed by atoms with Crippen LogP contribution in [0.4, 0.5) is 14.6 Å². The van der Waals surface area contributed by atoms with Crippen LogP contribution in [0.5, 0.6) is 6.01 Å². The summed E-state index contributed by atoms with van der Waals surface area (Å²) in [7, 11) is 0. The largest absolute Gasteiger partial charge is 0.461 e. The number of nitrogens with zero attached hydrogens (tertiary/aromatic N) is 4. The zero-order valence-corrected chi connectivity index (χ0v) is 23.6. The van der Waals surface area contributed by atoms with E-state index >= 15 is 4.39 Å². The molecule has 41 heavy (non-hydrogen) atoms. The molecule has 3 saturated heterocycles. The van der Waals surface area contributed by atoms with Gasteiger partial charge in [0.2, 0.25) is 0 Å². The molecule has 1 aliphatic carbocycles. The van der Waals surface area contributed by atoms with E-state index in [-0.39, 0.29) is 22.9 Å². The maximum absolute atomic E-state index is 16.1. The summed E-state index contributed by atoms with van der Waals surface area (Å²) in [5, 5.41) is 6.51. The van der Waals surface area contributed by atoms with Gasteiger partial charge in [0.15, 0.2) is 0 Å². The lowest BCUT2D eigenvalue weighted by molar-refractivity contribution is 0.107. The Kier molecular flexibility index (Phi) is 5.92. The fourth-order valence-corrected chi connectivity index (χ4v) is 7.81. The molecule has 1 saturated carbocycles. The van der Waals surface area contributed by atoms with E-state index in [2.05, 4.69) is 15.1 Å². The Morgan fingerprint density at radius 1 is 1.05 bits per heavy atom. The van der Waals surface area contributed by atoms with Gasteiger partial charge in [0, 0.05) is 54.0 Å². The number of nitrogens with one attached hydrogen (secondary N) is 1. The number of anilines is 1. The van der Waals surface area contributed by atoms with Crippen molar-refractivity contribution in [3.05, 3.63) is 59.4 Å². The molecule has 8 rings (SSSR count). The second-order valence-electron chi connectivity index (χ2n) is 12.2. The van der Waals surface area contributed by atoms with Crippen molar-refractivity contribution in [2.45, 2.75) is 49.4 Å². The topological polar surface area (TPSA) is 53.5 Å². The number of halogens is 3. The number of fused-ring (bicyclic) bond motifs is 3. The second kappa shape index (κ2) is 9.48. The molecule has 1 aromatic heterocycles. The molecule has 1 spiro atoms. The summed E-state index contributed by atoms with van der Waals surface area (Å²) in [6.45, 7) is 4.18. The first-order valence-corrected chi connectivity index (χ1v) is 15.0. The lowest BCUT2D eigenvalue weighted by Gasteiger charge is -2.38. The first-order chi connectivity index (χ1) is 19.9. The predicted molar refractivity (Wildman–Crippen MR) is 158 cm³/mol. The average molecular weight is 576 g/mol. The highest BCUT2D eigenvalue weighted by Gasteiger charge is 2.51. The van der Waals surface area contributed by atoms with E-state index in [1.807, 2.05) is 36.4 Å². The lowest BCUT2D eigenvalue weighted by Crippen LogP contribution is -2.53. The van der Waals surface area contributed by atoms with Crippen molar-refractivity contribution in [3.63, 3.8) is 0 Å². The van der Waals surface area contributed by atoms with Crippen molar-refractivity contribution < 1.29 is 13.5 Å². The molecular formula is C32H32ClF2N5O. The van der Waals surface area contributed by atoms with Gasteiger partial charge in [-0.15, -0.1) is 0 Å². The van der Waals surface area contributed by atoms with Gasteiger partial charge in [0.1, 0.15) is 24.4 Å². The van der Waals surface area contributed by atoms with Crippen molar-refractivity contribution in [1.29, 1.82) is 0 Å². The molecule has 0 bridgehead atoms. The van der Waals surface area contributed by atoms with E-state index in [9.17, 15) is 4.39 Å². The van der Waals surface area contributed by atoms with Gasteiger partial charge in [-0.3, -0.25) is 4.90 Å². The number of hydrogen-bond acceptors (Lipinski definition) is 6. The number of ether oxygens (including phenoxy) is 1. The molecular weight excluding hydrogens is 544 g/mol. The van der Waals surface area contributed by atoms with Crippen LogP contribution in [0.25, 0.3) is 32.8 Å². The Morgan fingerprint density at radius 3 is 2.76 bits per heavy atom. The highest BCUT2D eigenvalue weighted by atomic mass is 35.5. The number of alkyl halides is 1. The summed E-state index contributed by atoms with van der Waals surface area (Å²) in [4.78, 5) is 14.3. The number of benzene rings is 3. The van der Waals surface area contributed by atoms with Crippen molar-refractivity contribution >= 4 is 39.1 Å². The Balaban J connectivity index is 1.26. The molecule has 4 heterocycles. The molecule has 3 aliphatic heterocycles. The quantitative estimate of drug-likeness (QED) is 0.308. The number of hydrogen-bond donors (Lipinski definition) is 1. The molecule has 3 aromatic carbocycles. The number of piperazine rings is 1. The molecule has 0 amide bonds.